The molecule has 0 aromatic heterocycles. The predicted octanol–water partition coefficient (Wildman–Crippen LogP) is 4.50. The molecule has 2 fully saturated rings. The highest BCUT2D eigenvalue weighted by molar-refractivity contribution is 5.78. The number of carbonyl (C=O) groups is 1. The van der Waals surface area contributed by atoms with Crippen molar-refractivity contribution < 1.29 is 4.79 Å². The van der Waals surface area contributed by atoms with Gasteiger partial charge in [-0.15, -0.1) is 0 Å². The highest BCUT2D eigenvalue weighted by atomic mass is 16.1. The van der Waals surface area contributed by atoms with E-state index in [0.29, 0.717) is 11.7 Å². The molecule has 19 heavy (non-hydrogen) atoms. The van der Waals surface area contributed by atoms with Gasteiger partial charge in [-0.2, -0.15) is 0 Å². The lowest BCUT2D eigenvalue weighted by atomic mass is 9.80. The van der Waals surface area contributed by atoms with Crippen LogP contribution in [0.15, 0.2) is 24.3 Å². The van der Waals surface area contributed by atoms with Gasteiger partial charge in [0.05, 0.1) is 0 Å². The maximum absolute atomic E-state index is 11.4. The van der Waals surface area contributed by atoms with E-state index in [1.54, 1.807) is 6.92 Å². The van der Waals surface area contributed by atoms with Gasteiger partial charge in [-0.3, -0.25) is 4.79 Å². The number of rotatable bonds is 4. The number of Topliss-reactive ketones (excluding diaryl/α,β-unsaturated/α-hetero) is 1. The molecule has 0 aliphatic heterocycles. The Balaban J connectivity index is 1.56. The first-order valence-electron chi connectivity index (χ1n) is 7.81. The highest BCUT2D eigenvalue weighted by Gasteiger charge is 2.27. The van der Waals surface area contributed by atoms with E-state index in [9.17, 15) is 4.79 Å². The van der Waals surface area contributed by atoms with E-state index >= 15 is 0 Å². The van der Waals surface area contributed by atoms with E-state index in [1.807, 2.05) is 0 Å². The van der Waals surface area contributed by atoms with Crippen molar-refractivity contribution in [2.75, 3.05) is 0 Å². The van der Waals surface area contributed by atoms with Crippen molar-refractivity contribution in [3.8, 4) is 0 Å². The summed E-state index contributed by atoms with van der Waals surface area (Å²) in [6.45, 7) is 1.75. The van der Waals surface area contributed by atoms with Crippen LogP contribution in [-0.4, -0.2) is 5.78 Å². The van der Waals surface area contributed by atoms with Crippen LogP contribution in [0.5, 0.6) is 0 Å². The van der Waals surface area contributed by atoms with Gasteiger partial charge in [0.1, 0.15) is 5.78 Å². The van der Waals surface area contributed by atoms with Gasteiger partial charge in [0, 0.05) is 5.92 Å². The van der Waals surface area contributed by atoms with Crippen molar-refractivity contribution in [2.24, 2.45) is 11.8 Å². The Labute approximate surface area is 116 Å². The summed E-state index contributed by atoms with van der Waals surface area (Å²) < 4.78 is 0. The molecule has 2 saturated carbocycles. The zero-order valence-corrected chi connectivity index (χ0v) is 11.9. The zero-order chi connectivity index (χ0) is 13.2. The van der Waals surface area contributed by atoms with Crippen LogP contribution >= 0.6 is 0 Å². The fourth-order valence-electron chi connectivity index (χ4n) is 3.63. The Kier molecular flexibility index (Phi) is 3.72. The maximum Gasteiger partial charge on any atom is 0.132 e. The molecule has 2 aliphatic rings. The van der Waals surface area contributed by atoms with Crippen LogP contribution in [0.4, 0.5) is 0 Å². The summed E-state index contributed by atoms with van der Waals surface area (Å²) in [7, 11) is 0. The van der Waals surface area contributed by atoms with Crippen LogP contribution in [0.2, 0.25) is 0 Å². The smallest absolute Gasteiger partial charge is 0.132 e. The lowest BCUT2D eigenvalue weighted by Crippen LogP contribution is -2.09. The minimum absolute atomic E-state index is 0.347. The number of hydrogen-bond acceptors (Lipinski definition) is 1. The molecule has 3 rings (SSSR count). The lowest BCUT2D eigenvalue weighted by molar-refractivity contribution is -0.120. The molecule has 0 amide bonds. The second-order valence-corrected chi connectivity index (χ2v) is 6.56. The summed E-state index contributed by atoms with van der Waals surface area (Å²) in [6.07, 6.45) is 8.77. The summed E-state index contributed by atoms with van der Waals surface area (Å²) in [6, 6.07) is 9.29. The molecule has 0 radical (unpaired) electrons. The van der Waals surface area contributed by atoms with Gasteiger partial charge in [0.15, 0.2) is 0 Å². The van der Waals surface area contributed by atoms with Crippen LogP contribution in [0.25, 0.3) is 0 Å². The Hall–Kier alpha value is -1.11. The highest BCUT2D eigenvalue weighted by Crippen LogP contribution is 2.37. The van der Waals surface area contributed by atoms with Crippen molar-refractivity contribution in [1.29, 1.82) is 0 Å². The first-order chi connectivity index (χ1) is 9.22. The Morgan fingerprint density at radius 1 is 1.11 bits per heavy atom. The SMILES string of the molecule is CC(=O)[C@@H]1CC[C@@H](Cc2ccc(C3CCC3)cc2)C1. The van der Waals surface area contributed by atoms with E-state index < -0.39 is 0 Å². The van der Waals surface area contributed by atoms with Gasteiger partial charge in [0.25, 0.3) is 0 Å². The predicted molar refractivity (Wildman–Crippen MR) is 78.3 cm³/mol. The molecule has 0 bridgehead atoms. The number of carbonyl (C=O) groups excluding carboxylic acids is 1. The maximum atomic E-state index is 11.4. The van der Waals surface area contributed by atoms with Crippen molar-refractivity contribution in [1.82, 2.24) is 0 Å². The molecule has 0 unspecified atom stereocenters. The van der Waals surface area contributed by atoms with Gasteiger partial charge >= 0.3 is 0 Å². The standard InChI is InChI=1S/C18H24O/c1-13(19)18-10-7-15(12-18)11-14-5-8-17(9-6-14)16-3-2-4-16/h5-6,8-9,15-16,18H,2-4,7,10-12H2,1H3/t15-,18+/m0/s1. The van der Waals surface area contributed by atoms with E-state index in [4.69, 9.17) is 0 Å². The van der Waals surface area contributed by atoms with Crippen LogP contribution in [0.1, 0.15) is 62.5 Å². The molecule has 1 nitrogen and oxygen atoms in total. The number of ketones is 1. The van der Waals surface area contributed by atoms with E-state index in [2.05, 4.69) is 24.3 Å². The average Bonchev–Trinajstić information content (AvgIpc) is 2.78. The van der Waals surface area contributed by atoms with Gasteiger partial charge in [0.2, 0.25) is 0 Å². The second kappa shape index (κ2) is 5.48. The van der Waals surface area contributed by atoms with Crippen molar-refractivity contribution >= 4 is 5.78 Å². The third-order valence-electron chi connectivity index (χ3n) is 5.20. The Morgan fingerprint density at radius 3 is 2.37 bits per heavy atom. The first kappa shape index (κ1) is 12.9. The molecule has 0 spiro atoms. The third kappa shape index (κ3) is 2.91. The van der Waals surface area contributed by atoms with Gasteiger partial charge in [-0.25, -0.2) is 0 Å². The summed E-state index contributed by atoms with van der Waals surface area (Å²) in [5.74, 6) is 2.30. The van der Waals surface area contributed by atoms with Crippen molar-refractivity contribution in [3.63, 3.8) is 0 Å². The van der Waals surface area contributed by atoms with Crippen LogP contribution in [0, 0.1) is 11.8 Å². The molecule has 0 N–H and O–H groups in total. The van der Waals surface area contributed by atoms with Crippen molar-refractivity contribution in [3.05, 3.63) is 35.4 Å². The van der Waals surface area contributed by atoms with Crippen LogP contribution < -0.4 is 0 Å². The number of hydrogen-bond donors (Lipinski definition) is 0. The van der Waals surface area contributed by atoms with E-state index in [0.717, 1.165) is 31.1 Å². The topological polar surface area (TPSA) is 17.1 Å². The Morgan fingerprint density at radius 2 is 1.84 bits per heavy atom. The Bertz CT molecular complexity index is 441. The molecule has 0 saturated heterocycles. The van der Waals surface area contributed by atoms with Crippen LogP contribution in [-0.2, 0) is 11.2 Å². The molecule has 0 heterocycles. The first-order valence-corrected chi connectivity index (χ1v) is 7.81. The normalized spacial score (nSPS) is 27.2. The van der Waals surface area contributed by atoms with Crippen molar-refractivity contribution in [2.45, 2.75) is 57.8 Å². The molecule has 1 aromatic rings. The lowest BCUT2D eigenvalue weighted by Gasteiger charge is -2.26. The van der Waals surface area contributed by atoms with Gasteiger partial charge in [-0.05, 0) is 68.4 Å². The molecule has 2 aliphatic carbocycles. The molecule has 102 valence electrons. The fourth-order valence-corrected chi connectivity index (χ4v) is 3.63. The molecule has 1 heteroatoms. The van der Waals surface area contributed by atoms with Gasteiger partial charge < -0.3 is 0 Å². The van der Waals surface area contributed by atoms with Gasteiger partial charge in [-0.1, -0.05) is 30.7 Å². The second-order valence-electron chi connectivity index (χ2n) is 6.56. The summed E-state index contributed by atoms with van der Waals surface area (Å²) in [5.41, 5.74) is 2.99. The summed E-state index contributed by atoms with van der Waals surface area (Å²) in [5, 5.41) is 0. The minimum Gasteiger partial charge on any atom is -0.300 e. The van der Waals surface area contributed by atoms with E-state index in [-0.39, 0.29) is 0 Å². The van der Waals surface area contributed by atoms with Crippen LogP contribution in [0.3, 0.4) is 0 Å². The average molecular weight is 256 g/mol. The molecular weight excluding hydrogens is 232 g/mol. The molecule has 1 aromatic carbocycles. The van der Waals surface area contributed by atoms with E-state index in [1.165, 1.54) is 36.8 Å². The molecule has 2 atom stereocenters. The quantitative estimate of drug-likeness (QED) is 0.775. The largest absolute Gasteiger partial charge is 0.300 e. The minimum atomic E-state index is 0.347. The molecular formula is C18H24O. The monoisotopic (exact) mass is 256 g/mol. The summed E-state index contributed by atoms with van der Waals surface area (Å²) >= 11 is 0. The third-order valence-corrected chi connectivity index (χ3v) is 5.20. The summed E-state index contributed by atoms with van der Waals surface area (Å²) in [4.78, 5) is 11.4. The zero-order valence-electron chi connectivity index (χ0n) is 11.9. The fraction of sp³-hybridized carbons (Fsp3) is 0.611. The number of benzene rings is 1.